The molecule has 0 amide bonds. The molecule has 0 atom stereocenters. The highest BCUT2D eigenvalue weighted by Crippen LogP contribution is 2.31. The van der Waals surface area contributed by atoms with Crippen molar-refractivity contribution in [2.45, 2.75) is 0 Å². The van der Waals surface area contributed by atoms with Crippen molar-refractivity contribution in [1.82, 2.24) is 0 Å². The fraction of sp³-hybridized carbons (Fsp3) is 0.0714. The van der Waals surface area contributed by atoms with E-state index in [0.717, 1.165) is 0 Å². The van der Waals surface area contributed by atoms with Crippen molar-refractivity contribution in [3.8, 4) is 17.2 Å². The predicted molar refractivity (Wildman–Crippen MR) is 83.1 cm³/mol. The van der Waals surface area contributed by atoms with E-state index in [1.54, 1.807) is 24.3 Å². The second kappa shape index (κ2) is 6.19. The van der Waals surface area contributed by atoms with E-state index in [-0.39, 0.29) is 10.7 Å². The molecule has 0 heterocycles. The highest BCUT2D eigenvalue weighted by atomic mass is 79.9. The molecule has 20 heavy (non-hydrogen) atoms. The van der Waals surface area contributed by atoms with Crippen LogP contribution < -0.4 is 15.2 Å². The molecule has 0 saturated heterocycles. The van der Waals surface area contributed by atoms with Gasteiger partial charge in [0.2, 0.25) is 0 Å². The van der Waals surface area contributed by atoms with Crippen LogP contribution in [-0.4, -0.2) is 12.1 Å². The lowest BCUT2D eigenvalue weighted by molar-refractivity contribution is 0.405. The van der Waals surface area contributed by atoms with Crippen molar-refractivity contribution < 1.29 is 13.9 Å². The highest BCUT2D eigenvalue weighted by molar-refractivity contribution is 9.10. The van der Waals surface area contributed by atoms with E-state index >= 15 is 0 Å². The molecule has 0 aliphatic carbocycles. The monoisotopic (exact) mass is 355 g/mol. The van der Waals surface area contributed by atoms with Gasteiger partial charge in [0.25, 0.3) is 0 Å². The van der Waals surface area contributed by atoms with Crippen molar-refractivity contribution in [3.63, 3.8) is 0 Å². The van der Waals surface area contributed by atoms with Gasteiger partial charge >= 0.3 is 0 Å². The number of rotatable bonds is 4. The van der Waals surface area contributed by atoms with Crippen molar-refractivity contribution in [3.05, 3.63) is 52.3 Å². The summed E-state index contributed by atoms with van der Waals surface area (Å²) >= 11 is 8.14. The summed E-state index contributed by atoms with van der Waals surface area (Å²) in [6.07, 6.45) is 0. The Hall–Kier alpha value is -1.66. The molecule has 2 aromatic carbocycles. The summed E-state index contributed by atoms with van der Waals surface area (Å²) in [7, 11) is 1.53. The second-order valence-electron chi connectivity index (χ2n) is 3.90. The molecule has 3 nitrogen and oxygen atoms in total. The predicted octanol–water partition coefficient (Wildman–Crippen LogP) is 4.02. The zero-order chi connectivity index (χ0) is 14.7. The molecule has 2 N–H and O–H groups in total. The van der Waals surface area contributed by atoms with Gasteiger partial charge in [-0.25, -0.2) is 4.39 Å². The normalized spacial score (nSPS) is 10.2. The third-order valence-electron chi connectivity index (χ3n) is 2.57. The third kappa shape index (κ3) is 3.26. The number of hydrogen-bond acceptors (Lipinski definition) is 3. The maximum absolute atomic E-state index is 13.8. The molecule has 2 rings (SSSR count). The summed E-state index contributed by atoms with van der Waals surface area (Å²) < 4.78 is 25.1. The Morgan fingerprint density at radius 2 is 1.95 bits per heavy atom. The fourth-order valence-corrected chi connectivity index (χ4v) is 2.10. The number of benzene rings is 2. The molecule has 0 radical (unpaired) electrons. The minimum atomic E-state index is -0.490. The Morgan fingerprint density at radius 3 is 2.55 bits per heavy atom. The standard InChI is InChI=1S/C14H11BrFNO2S/c1-18-9-3-4-10(14(17)20)13(7-9)19-12-5-2-8(15)6-11(12)16/h2-7H,1H3,(H2,17,20). The van der Waals surface area contributed by atoms with Crippen LogP contribution in [0.5, 0.6) is 17.2 Å². The largest absolute Gasteiger partial charge is 0.497 e. The number of hydrogen-bond donors (Lipinski definition) is 1. The summed E-state index contributed by atoms with van der Waals surface area (Å²) in [5.74, 6) is 0.505. The molecule has 0 aromatic heterocycles. The van der Waals surface area contributed by atoms with Gasteiger partial charge in [0.15, 0.2) is 11.6 Å². The topological polar surface area (TPSA) is 44.5 Å². The molecule has 2 aromatic rings. The maximum Gasteiger partial charge on any atom is 0.166 e. The Balaban J connectivity index is 2.43. The van der Waals surface area contributed by atoms with Crippen LogP contribution in [0.2, 0.25) is 0 Å². The molecular weight excluding hydrogens is 345 g/mol. The molecule has 0 saturated carbocycles. The van der Waals surface area contributed by atoms with Crippen LogP contribution in [0.25, 0.3) is 0 Å². The summed E-state index contributed by atoms with van der Waals surface area (Å²) in [5, 5.41) is 0. The van der Waals surface area contributed by atoms with Gasteiger partial charge in [-0.1, -0.05) is 28.1 Å². The minimum absolute atomic E-state index is 0.0824. The fourth-order valence-electron chi connectivity index (χ4n) is 1.59. The van der Waals surface area contributed by atoms with Crippen LogP contribution in [0.1, 0.15) is 5.56 Å². The lowest BCUT2D eigenvalue weighted by Crippen LogP contribution is -2.11. The van der Waals surface area contributed by atoms with E-state index in [4.69, 9.17) is 27.4 Å². The van der Waals surface area contributed by atoms with Gasteiger partial charge in [0.05, 0.1) is 12.7 Å². The zero-order valence-corrected chi connectivity index (χ0v) is 12.9. The van der Waals surface area contributed by atoms with Gasteiger partial charge in [-0.15, -0.1) is 0 Å². The number of ether oxygens (including phenoxy) is 2. The number of methoxy groups -OCH3 is 1. The van der Waals surface area contributed by atoms with Gasteiger partial charge in [-0.3, -0.25) is 0 Å². The molecule has 0 bridgehead atoms. The average molecular weight is 356 g/mol. The Kier molecular flexibility index (Phi) is 4.57. The second-order valence-corrected chi connectivity index (χ2v) is 5.26. The average Bonchev–Trinajstić information content (AvgIpc) is 2.41. The Bertz CT molecular complexity index is 664. The first kappa shape index (κ1) is 14.7. The number of thiocarbonyl (C=S) groups is 1. The third-order valence-corrected chi connectivity index (χ3v) is 3.28. The zero-order valence-electron chi connectivity index (χ0n) is 10.5. The molecule has 0 spiro atoms. The van der Waals surface area contributed by atoms with Crippen molar-refractivity contribution in [2.24, 2.45) is 5.73 Å². The first-order valence-corrected chi connectivity index (χ1v) is 6.82. The van der Waals surface area contributed by atoms with E-state index in [0.29, 0.717) is 21.5 Å². The van der Waals surface area contributed by atoms with Crippen LogP contribution in [-0.2, 0) is 0 Å². The van der Waals surface area contributed by atoms with E-state index in [1.807, 2.05) is 0 Å². The van der Waals surface area contributed by atoms with E-state index < -0.39 is 5.82 Å². The smallest absolute Gasteiger partial charge is 0.166 e. The molecular formula is C14H11BrFNO2S. The first-order valence-electron chi connectivity index (χ1n) is 5.62. The molecule has 0 fully saturated rings. The summed E-state index contributed by atoms with van der Waals surface area (Å²) in [6, 6.07) is 9.50. The van der Waals surface area contributed by atoms with Crippen molar-refractivity contribution in [2.75, 3.05) is 7.11 Å². The van der Waals surface area contributed by atoms with E-state index in [1.165, 1.54) is 19.2 Å². The van der Waals surface area contributed by atoms with Crippen LogP contribution in [0.15, 0.2) is 40.9 Å². The summed E-state index contributed by atoms with van der Waals surface area (Å²) in [6.45, 7) is 0. The van der Waals surface area contributed by atoms with Gasteiger partial charge in [0, 0.05) is 10.5 Å². The SMILES string of the molecule is COc1ccc(C(N)=S)c(Oc2ccc(Br)cc2F)c1. The first-order chi connectivity index (χ1) is 9.51. The summed E-state index contributed by atoms with van der Waals surface area (Å²) in [4.78, 5) is 0.167. The summed E-state index contributed by atoms with van der Waals surface area (Å²) in [5.41, 5.74) is 6.15. The van der Waals surface area contributed by atoms with Crippen LogP contribution in [0.3, 0.4) is 0 Å². The highest BCUT2D eigenvalue weighted by Gasteiger charge is 2.12. The molecule has 6 heteroatoms. The number of nitrogens with two attached hydrogens (primary N) is 1. The van der Waals surface area contributed by atoms with Crippen molar-refractivity contribution in [1.29, 1.82) is 0 Å². The number of halogens is 2. The van der Waals surface area contributed by atoms with Gasteiger partial charge < -0.3 is 15.2 Å². The minimum Gasteiger partial charge on any atom is -0.497 e. The lowest BCUT2D eigenvalue weighted by Gasteiger charge is -2.12. The molecule has 0 aliphatic heterocycles. The van der Waals surface area contributed by atoms with Crippen LogP contribution in [0.4, 0.5) is 4.39 Å². The Morgan fingerprint density at radius 1 is 1.20 bits per heavy atom. The van der Waals surface area contributed by atoms with Gasteiger partial charge in [0.1, 0.15) is 16.5 Å². The molecule has 104 valence electrons. The Labute approximate surface area is 129 Å². The molecule has 0 unspecified atom stereocenters. The lowest BCUT2D eigenvalue weighted by atomic mass is 10.2. The molecule has 0 aliphatic rings. The van der Waals surface area contributed by atoms with Crippen LogP contribution >= 0.6 is 28.1 Å². The maximum atomic E-state index is 13.8. The van der Waals surface area contributed by atoms with Crippen LogP contribution in [0, 0.1) is 5.82 Å². The van der Waals surface area contributed by atoms with E-state index in [9.17, 15) is 4.39 Å². The van der Waals surface area contributed by atoms with Gasteiger partial charge in [-0.2, -0.15) is 0 Å². The quantitative estimate of drug-likeness (QED) is 0.841. The van der Waals surface area contributed by atoms with E-state index in [2.05, 4.69) is 15.9 Å². The van der Waals surface area contributed by atoms with Crippen molar-refractivity contribution >= 4 is 33.1 Å². The van der Waals surface area contributed by atoms with Gasteiger partial charge in [-0.05, 0) is 30.3 Å².